The van der Waals surface area contributed by atoms with Gasteiger partial charge in [-0.05, 0) is 54.7 Å². The Hall–Kier alpha value is -3.08. The number of hydrogen-bond donors (Lipinski definition) is 2. The van der Waals surface area contributed by atoms with Gasteiger partial charge < -0.3 is 15.0 Å². The minimum atomic E-state index is -0.131. The Labute approximate surface area is 151 Å². The predicted molar refractivity (Wildman–Crippen MR) is 102 cm³/mol. The van der Waals surface area contributed by atoms with E-state index in [0.29, 0.717) is 17.6 Å². The second-order valence-corrected chi connectivity index (χ2v) is 6.67. The van der Waals surface area contributed by atoms with E-state index in [1.54, 1.807) is 19.4 Å². The zero-order chi connectivity index (χ0) is 18.1. The Kier molecular flexibility index (Phi) is 4.21. The standard InChI is InChI=1S/C21H20N2O3/c1-26-18-7-3-6-17-19(18)15(12-22-21(17)25)10-13-4-2-5-16(11-13)23-20(24)14-8-9-14/h2-7,11-12,14H,8-10H2,1H3,(H,22,25)(H,23,24). The van der Waals surface area contributed by atoms with Crippen molar-refractivity contribution in [3.63, 3.8) is 0 Å². The fourth-order valence-electron chi connectivity index (χ4n) is 3.23. The smallest absolute Gasteiger partial charge is 0.255 e. The van der Waals surface area contributed by atoms with Gasteiger partial charge >= 0.3 is 0 Å². The number of methoxy groups -OCH3 is 1. The number of carbonyl (C=O) groups excluding carboxylic acids is 1. The summed E-state index contributed by atoms with van der Waals surface area (Å²) in [7, 11) is 1.60. The van der Waals surface area contributed by atoms with Crippen LogP contribution in [0.4, 0.5) is 5.69 Å². The van der Waals surface area contributed by atoms with Gasteiger partial charge in [-0.15, -0.1) is 0 Å². The van der Waals surface area contributed by atoms with Crippen molar-refractivity contribution in [1.29, 1.82) is 0 Å². The lowest BCUT2D eigenvalue weighted by atomic mass is 9.99. The lowest BCUT2D eigenvalue weighted by Crippen LogP contribution is -2.13. The molecule has 4 rings (SSSR count). The van der Waals surface area contributed by atoms with Gasteiger partial charge in [0.2, 0.25) is 5.91 Å². The maximum absolute atomic E-state index is 12.1. The van der Waals surface area contributed by atoms with E-state index in [1.807, 2.05) is 36.4 Å². The van der Waals surface area contributed by atoms with Crippen molar-refractivity contribution < 1.29 is 9.53 Å². The van der Waals surface area contributed by atoms with Crippen molar-refractivity contribution in [2.24, 2.45) is 5.92 Å². The van der Waals surface area contributed by atoms with Crippen LogP contribution >= 0.6 is 0 Å². The summed E-state index contributed by atoms with van der Waals surface area (Å²) in [6.07, 6.45) is 4.33. The average Bonchev–Trinajstić information content (AvgIpc) is 3.49. The molecule has 1 heterocycles. The molecule has 3 aromatic rings. The van der Waals surface area contributed by atoms with Crippen LogP contribution in [0.3, 0.4) is 0 Å². The van der Waals surface area contributed by atoms with Crippen molar-refractivity contribution in [2.45, 2.75) is 19.3 Å². The van der Waals surface area contributed by atoms with Crippen molar-refractivity contribution in [2.75, 3.05) is 12.4 Å². The molecule has 0 atom stereocenters. The molecular formula is C21H20N2O3. The van der Waals surface area contributed by atoms with Crippen LogP contribution in [-0.2, 0) is 11.2 Å². The summed E-state index contributed by atoms with van der Waals surface area (Å²) in [6, 6.07) is 13.3. The van der Waals surface area contributed by atoms with Crippen molar-refractivity contribution in [3.8, 4) is 5.75 Å². The maximum atomic E-state index is 12.1. The maximum Gasteiger partial charge on any atom is 0.255 e. The quantitative estimate of drug-likeness (QED) is 0.741. The number of pyridine rings is 1. The first-order chi connectivity index (χ1) is 12.7. The Bertz CT molecular complexity index is 1030. The molecular weight excluding hydrogens is 328 g/mol. The summed E-state index contributed by atoms with van der Waals surface area (Å²) in [5.41, 5.74) is 2.70. The van der Waals surface area contributed by atoms with Gasteiger partial charge in [0.05, 0.1) is 12.5 Å². The Morgan fingerprint density at radius 2 is 2.04 bits per heavy atom. The van der Waals surface area contributed by atoms with Crippen molar-refractivity contribution >= 4 is 22.4 Å². The van der Waals surface area contributed by atoms with E-state index >= 15 is 0 Å². The normalized spacial score (nSPS) is 13.6. The minimum absolute atomic E-state index is 0.0957. The van der Waals surface area contributed by atoms with Gasteiger partial charge in [-0.2, -0.15) is 0 Å². The molecule has 1 aliphatic rings. The van der Waals surface area contributed by atoms with Crippen molar-refractivity contribution in [1.82, 2.24) is 4.98 Å². The summed E-state index contributed by atoms with van der Waals surface area (Å²) in [4.78, 5) is 26.9. The topological polar surface area (TPSA) is 71.2 Å². The third kappa shape index (κ3) is 3.20. The Morgan fingerprint density at radius 1 is 1.23 bits per heavy atom. The fraction of sp³-hybridized carbons (Fsp3) is 0.238. The van der Waals surface area contributed by atoms with Gasteiger partial charge in [0.25, 0.3) is 5.56 Å². The molecule has 1 aromatic heterocycles. The van der Waals surface area contributed by atoms with Crippen LogP contribution in [0.15, 0.2) is 53.5 Å². The highest BCUT2D eigenvalue weighted by Crippen LogP contribution is 2.31. The van der Waals surface area contributed by atoms with E-state index in [9.17, 15) is 9.59 Å². The molecule has 0 bridgehead atoms. The molecule has 0 aliphatic heterocycles. The van der Waals surface area contributed by atoms with Crippen LogP contribution < -0.4 is 15.6 Å². The molecule has 26 heavy (non-hydrogen) atoms. The van der Waals surface area contributed by atoms with Gasteiger partial charge in [-0.3, -0.25) is 9.59 Å². The zero-order valence-electron chi connectivity index (χ0n) is 14.5. The van der Waals surface area contributed by atoms with E-state index in [-0.39, 0.29) is 17.4 Å². The molecule has 5 heteroatoms. The summed E-state index contributed by atoms with van der Waals surface area (Å²) in [5, 5.41) is 4.41. The minimum Gasteiger partial charge on any atom is -0.496 e. The van der Waals surface area contributed by atoms with Gasteiger partial charge in [-0.1, -0.05) is 18.2 Å². The molecule has 0 unspecified atom stereocenters. The summed E-state index contributed by atoms with van der Waals surface area (Å²) in [5.74, 6) is 0.950. The zero-order valence-corrected chi connectivity index (χ0v) is 14.5. The average molecular weight is 348 g/mol. The lowest BCUT2D eigenvalue weighted by molar-refractivity contribution is -0.117. The lowest BCUT2D eigenvalue weighted by Gasteiger charge is -2.11. The van der Waals surface area contributed by atoms with Gasteiger partial charge in [0, 0.05) is 23.2 Å². The number of hydrogen-bond acceptors (Lipinski definition) is 3. The SMILES string of the molecule is COc1cccc2c(=O)[nH]cc(Cc3cccc(NC(=O)C4CC4)c3)c12. The molecule has 0 radical (unpaired) electrons. The fourth-order valence-corrected chi connectivity index (χ4v) is 3.23. The first kappa shape index (κ1) is 16.4. The molecule has 1 fully saturated rings. The number of nitrogens with one attached hydrogen (secondary N) is 2. The summed E-state index contributed by atoms with van der Waals surface area (Å²) in [6.45, 7) is 0. The van der Waals surface area contributed by atoms with Gasteiger partial charge in [-0.25, -0.2) is 0 Å². The van der Waals surface area contributed by atoms with E-state index in [1.165, 1.54) is 0 Å². The van der Waals surface area contributed by atoms with Crippen LogP contribution in [0.2, 0.25) is 0 Å². The number of aromatic nitrogens is 1. The Balaban J connectivity index is 1.68. The number of H-pyrrole nitrogens is 1. The van der Waals surface area contributed by atoms with Crippen LogP contribution in [0, 0.1) is 5.92 Å². The molecule has 0 saturated heterocycles. The molecule has 1 aliphatic carbocycles. The van der Waals surface area contributed by atoms with E-state index in [4.69, 9.17) is 4.74 Å². The van der Waals surface area contributed by atoms with E-state index in [2.05, 4.69) is 10.3 Å². The third-order valence-electron chi connectivity index (χ3n) is 4.73. The number of carbonyl (C=O) groups is 1. The van der Waals surface area contributed by atoms with E-state index in [0.717, 1.165) is 35.0 Å². The summed E-state index contributed by atoms with van der Waals surface area (Å²) < 4.78 is 5.46. The first-order valence-electron chi connectivity index (χ1n) is 8.73. The predicted octanol–water partition coefficient (Wildman–Crippen LogP) is 3.48. The number of benzene rings is 2. The number of ether oxygens (including phenoxy) is 1. The monoisotopic (exact) mass is 348 g/mol. The molecule has 5 nitrogen and oxygen atoms in total. The summed E-state index contributed by atoms with van der Waals surface area (Å²) >= 11 is 0. The number of amides is 1. The highest BCUT2D eigenvalue weighted by Gasteiger charge is 2.29. The van der Waals surface area contributed by atoms with Crippen LogP contribution in [0.1, 0.15) is 24.0 Å². The van der Waals surface area contributed by atoms with Gasteiger partial charge in [0.15, 0.2) is 0 Å². The number of rotatable bonds is 5. The molecule has 132 valence electrons. The molecule has 1 saturated carbocycles. The van der Waals surface area contributed by atoms with Crippen LogP contribution in [0.5, 0.6) is 5.75 Å². The third-order valence-corrected chi connectivity index (χ3v) is 4.73. The van der Waals surface area contributed by atoms with E-state index < -0.39 is 0 Å². The van der Waals surface area contributed by atoms with Crippen LogP contribution in [-0.4, -0.2) is 18.0 Å². The largest absolute Gasteiger partial charge is 0.496 e. The highest BCUT2D eigenvalue weighted by molar-refractivity contribution is 5.94. The molecule has 0 spiro atoms. The molecule has 2 N–H and O–H groups in total. The van der Waals surface area contributed by atoms with Crippen molar-refractivity contribution in [3.05, 3.63) is 70.1 Å². The van der Waals surface area contributed by atoms with Crippen LogP contribution in [0.25, 0.3) is 10.8 Å². The van der Waals surface area contributed by atoms with Gasteiger partial charge in [0.1, 0.15) is 5.75 Å². The highest BCUT2D eigenvalue weighted by atomic mass is 16.5. The number of aromatic amines is 1. The second-order valence-electron chi connectivity index (χ2n) is 6.67. The molecule has 2 aromatic carbocycles. The second kappa shape index (κ2) is 6.67. The number of anilines is 1. The molecule has 1 amide bonds. The first-order valence-corrected chi connectivity index (χ1v) is 8.73. The Morgan fingerprint density at radius 3 is 2.81 bits per heavy atom. The number of fused-ring (bicyclic) bond motifs is 1.